The summed E-state index contributed by atoms with van der Waals surface area (Å²) in [6, 6.07) is -0.934. The molecule has 17 heavy (non-hydrogen) atoms. The summed E-state index contributed by atoms with van der Waals surface area (Å²) >= 11 is 0. The van der Waals surface area contributed by atoms with Gasteiger partial charge in [0.2, 0.25) is 11.8 Å². The van der Waals surface area contributed by atoms with Gasteiger partial charge in [0.15, 0.2) is 0 Å². The van der Waals surface area contributed by atoms with Crippen molar-refractivity contribution >= 4 is 17.9 Å². The highest BCUT2D eigenvalue weighted by Gasteiger charge is 2.19. The molecule has 0 bridgehead atoms. The van der Waals surface area contributed by atoms with Crippen molar-refractivity contribution in [2.75, 3.05) is 6.61 Å². The predicted molar refractivity (Wildman–Crippen MR) is 60.8 cm³/mol. The molecule has 0 aromatic carbocycles. The lowest BCUT2D eigenvalue weighted by Gasteiger charge is -2.14. The number of carbonyl (C=O) groups excluding carboxylic acids is 3. The van der Waals surface area contributed by atoms with Crippen molar-refractivity contribution in [3.8, 4) is 0 Å². The van der Waals surface area contributed by atoms with Crippen LogP contribution in [0.2, 0.25) is 0 Å². The molecule has 0 rings (SSSR count). The van der Waals surface area contributed by atoms with E-state index < -0.39 is 23.9 Å². The van der Waals surface area contributed by atoms with E-state index in [-0.39, 0.29) is 19.4 Å². The molecule has 0 aliphatic rings. The van der Waals surface area contributed by atoms with Crippen molar-refractivity contribution in [3.63, 3.8) is 0 Å². The van der Waals surface area contributed by atoms with E-state index in [1.165, 1.54) is 0 Å². The van der Waals surface area contributed by atoms with E-state index in [4.69, 9.17) is 16.2 Å². The Bertz CT molecular complexity index is 281. The second-order valence-corrected chi connectivity index (χ2v) is 3.59. The van der Waals surface area contributed by atoms with Crippen molar-refractivity contribution in [2.24, 2.45) is 11.5 Å². The number of nitrogens with one attached hydrogen (secondary N) is 1. The maximum Gasteiger partial charge on any atom is 0.407 e. The minimum atomic E-state index is -0.934. The fourth-order valence-corrected chi connectivity index (χ4v) is 1.07. The maximum atomic E-state index is 11.2. The predicted octanol–water partition coefficient (Wildman–Crippen LogP) is -0.368. The van der Waals surface area contributed by atoms with Crippen molar-refractivity contribution in [1.82, 2.24) is 5.32 Å². The molecule has 0 heterocycles. The molecule has 0 spiro atoms. The van der Waals surface area contributed by atoms with Crippen LogP contribution in [0.15, 0.2) is 0 Å². The van der Waals surface area contributed by atoms with E-state index in [1.807, 2.05) is 6.92 Å². The molecule has 3 amide bonds. The first kappa shape index (κ1) is 15.2. The molecule has 98 valence electrons. The zero-order valence-electron chi connectivity index (χ0n) is 9.90. The van der Waals surface area contributed by atoms with Crippen LogP contribution in [-0.2, 0) is 14.3 Å². The van der Waals surface area contributed by atoms with Crippen LogP contribution in [0.5, 0.6) is 0 Å². The summed E-state index contributed by atoms with van der Waals surface area (Å²) in [6.45, 7) is 2.24. The molecular formula is C10H19N3O4. The molecule has 0 radical (unpaired) electrons. The van der Waals surface area contributed by atoms with Gasteiger partial charge in [-0.25, -0.2) is 4.79 Å². The normalized spacial score (nSPS) is 11.6. The molecule has 5 N–H and O–H groups in total. The fourth-order valence-electron chi connectivity index (χ4n) is 1.07. The molecule has 0 aliphatic heterocycles. The second kappa shape index (κ2) is 8.37. The van der Waals surface area contributed by atoms with Crippen LogP contribution in [0.3, 0.4) is 0 Å². The number of hydrogen-bond donors (Lipinski definition) is 3. The van der Waals surface area contributed by atoms with Crippen LogP contribution in [0.25, 0.3) is 0 Å². The molecule has 0 saturated heterocycles. The van der Waals surface area contributed by atoms with E-state index >= 15 is 0 Å². The Morgan fingerprint density at radius 3 is 2.41 bits per heavy atom. The maximum absolute atomic E-state index is 11.2. The van der Waals surface area contributed by atoms with Gasteiger partial charge in [0.05, 0.1) is 6.61 Å². The number of ether oxygens (including phenoxy) is 1. The summed E-state index contributed by atoms with van der Waals surface area (Å²) in [7, 11) is 0. The highest BCUT2D eigenvalue weighted by Crippen LogP contribution is 1.97. The van der Waals surface area contributed by atoms with Crippen LogP contribution < -0.4 is 16.8 Å². The second-order valence-electron chi connectivity index (χ2n) is 3.59. The number of alkyl carbamates (subject to hydrolysis) is 1. The first-order chi connectivity index (χ1) is 7.97. The van der Waals surface area contributed by atoms with E-state index in [0.29, 0.717) is 0 Å². The number of nitrogens with two attached hydrogens (primary N) is 2. The number of unbranched alkanes of at least 4 members (excludes halogenated alkanes) is 1. The summed E-state index contributed by atoms with van der Waals surface area (Å²) in [4.78, 5) is 32.7. The van der Waals surface area contributed by atoms with Crippen molar-refractivity contribution < 1.29 is 19.1 Å². The van der Waals surface area contributed by atoms with Crippen LogP contribution >= 0.6 is 0 Å². The molecule has 7 nitrogen and oxygen atoms in total. The van der Waals surface area contributed by atoms with Crippen molar-refractivity contribution in [2.45, 2.75) is 38.6 Å². The average molecular weight is 245 g/mol. The molecule has 0 unspecified atom stereocenters. The smallest absolute Gasteiger partial charge is 0.407 e. The third-order valence-electron chi connectivity index (χ3n) is 2.05. The minimum Gasteiger partial charge on any atom is -0.450 e. The number of hydrogen-bond acceptors (Lipinski definition) is 4. The number of amides is 3. The highest BCUT2D eigenvalue weighted by atomic mass is 16.5. The van der Waals surface area contributed by atoms with E-state index in [2.05, 4.69) is 5.32 Å². The van der Waals surface area contributed by atoms with Crippen molar-refractivity contribution in [1.29, 1.82) is 0 Å². The van der Waals surface area contributed by atoms with Crippen LogP contribution in [0, 0.1) is 0 Å². The number of carbonyl (C=O) groups is 3. The van der Waals surface area contributed by atoms with Crippen molar-refractivity contribution in [3.05, 3.63) is 0 Å². The van der Waals surface area contributed by atoms with Gasteiger partial charge in [-0.15, -0.1) is 0 Å². The fraction of sp³-hybridized carbons (Fsp3) is 0.700. The Labute approximate surface area is 99.9 Å². The van der Waals surface area contributed by atoms with Crippen LogP contribution in [-0.4, -0.2) is 30.6 Å². The van der Waals surface area contributed by atoms with Gasteiger partial charge in [-0.3, -0.25) is 9.59 Å². The lowest BCUT2D eigenvalue weighted by atomic mass is 10.1. The Hall–Kier alpha value is -1.79. The van der Waals surface area contributed by atoms with Gasteiger partial charge < -0.3 is 21.5 Å². The Morgan fingerprint density at radius 2 is 1.94 bits per heavy atom. The Morgan fingerprint density at radius 1 is 1.29 bits per heavy atom. The lowest BCUT2D eigenvalue weighted by molar-refractivity contribution is -0.120. The van der Waals surface area contributed by atoms with Gasteiger partial charge in [-0.1, -0.05) is 13.3 Å². The van der Waals surface area contributed by atoms with Gasteiger partial charge in [0, 0.05) is 6.42 Å². The third kappa shape index (κ3) is 8.06. The topological polar surface area (TPSA) is 125 Å². The van der Waals surface area contributed by atoms with E-state index in [0.717, 1.165) is 12.8 Å². The number of rotatable bonds is 8. The molecule has 0 aliphatic carbocycles. The zero-order valence-corrected chi connectivity index (χ0v) is 9.90. The molecular weight excluding hydrogens is 226 g/mol. The quantitative estimate of drug-likeness (QED) is 0.504. The zero-order chi connectivity index (χ0) is 13.3. The van der Waals surface area contributed by atoms with Gasteiger partial charge in [0.1, 0.15) is 6.04 Å². The van der Waals surface area contributed by atoms with E-state index in [9.17, 15) is 14.4 Å². The molecule has 0 fully saturated rings. The molecule has 1 atom stereocenters. The Kier molecular flexibility index (Phi) is 7.49. The van der Waals surface area contributed by atoms with Gasteiger partial charge in [0.25, 0.3) is 0 Å². The average Bonchev–Trinajstić information content (AvgIpc) is 2.23. The summed E-state index contributed by atoms with van der Waals surface area (Å²) in [6.07, 6.45) is 0.979. The largest absolute Gasteiger partial charge is 0.450 e. The summed E-state index contributed by atoms with van der Waals surface area (Å²) in [5.74, 6) is -1.28. The first-order valence-electron chi connectivity index (χ1n) is 5.48. The molecule has 0 aromatic heterocycles. The summed E-state index contributed by atoms with van der Waals surface area (Å²) in [5, 5.41) is 2.29. The molecule has 7 heteroatoms. The molecule has 0 saturated carbocycles. The highest BCUT2D eigenvalue weighted by molar-refractivity contribution is 5.85. The monoisotopic (exact) mass is 245 g/mol. The van der Waals surface area contributed by atoms with Gasteiger partial charge in [-0.2, -0.15) is 0 Å². The van der Waals surface area contributed by atoms with Crippen LogP contribution in [0.1, 0.15) is 32.6 Å². The standard InChI is InChI=1S/C10H19N3O4/c1-2-3-6-17-10(16)13-7(9(12)15)4-5-8(11)14/h7H,2-6H2,1H3,(H2,11,14)(H2,12,15)(H,13,16)/t7-/m0/s1. The molecule has 0 aromatic rings. The summed E-state index contributed by atoms with van der Waals surface area (Å²) in [5.41, 5.74) is 10.00. The lowest BCUT2D eigenvalue weighted by Crippen LogP contribution is -2.45. The van der Waals surface area contributed by atoms with E-state index in [1.54, 1.807) is 0 Å². The third-order valence-corrected chi connectivity index (χ3v) is 2.05. The minimum absolute atomic E-state index is 0.0250. The SMILES string of the molecule is CCCCOC(=O)N[C@@H](CCC(N)=O)C(N)=O. The summed E-state index contributed by atoms with van der Waals surface area (Å²) < 4.78 is 4.80. The Balaban J connectivity index is 4.02. The number of primary amides is 2. The first-order valence-corrected chi connectivity index (χ1v) is 5.48. The van der Waals surface area contributed by atoms with Crippen LogP contribution in [0.4, 0.5) is 4.79 Å². The van der Waals surface area contributed by atoms with Gasteiger partial charge >= 0.3 is 6.09 Å². The van der Waals surface area contributed by atoms with Gasteiger partial charge in [-0.05, 0) is 12.8 Å².